The molecule has 192 valence electrons. The first kappa shape index (κ1) is 28.6. The van der Waals surface area contributed by atoms with Gasteiger partial charge in [-0.1, -0.05) is 25.1 Å². The van der Waals surface area contributed by atoms with Gasteiger partial charge < -0.3 is 23.9 Å². The molecule has 0 bridgehead atoms. The van der Waals surface area contributed by atoms with Crippen LogP contribution in [0, 0.1) is 12.3 Å². The van der Waals surface area contributed by atoms with E-state index in [9.17, 15) is 18.7 Å². The minimum Gasteiger partial charge on any atom is -0.550 e. The molecule has 11 heteroatoms. The van der Waals surface area contributed by atoms with Crippen LogP contribution in [-0.4, -0.2) is 45.0 Å². The van der Waals surface area contributed by atoms with Gasteiger partial charge in [0, 0.05) is 71.9 Å². The number of carbonyl (C=O) groups is 1. The summed E-state index contributed by atoms with van der Waals surface area (Å²) in [7, 11) is 0. The van der Waals surface area contributed by atoms with Gasteiger partial charge in [-0.3, -0.25) is 0 Å². The van der Waals surface area contributed by atoms with E-state index in [2.05, 4.69) is 15.0 Å². The van der Waals surface area contributed by atoms with Gasteiger partial charge in [-0.25, -0.2) is 15.0 Å². The number of hydrogen-bond acceptors (Lipinski definition) is 7. The first-order valence-electron chi connectivity index (χ1n) is 12.0. The van der Waals surface area contributed by atoms with E-state index < -0.39 is 18.0 Å². The molecule has 3 aromatic heterocycles. The van der Waals surface area contributed by atoms with Crippen molar-refractivity contribution in [2.75, 3.05) is 18.0 Å². The molecule has 0 unspecified atom stereocenters. The Balaban J connectivity index is 0.00000336. The number of aromatic nitrogens is 4. The van der Waals surface area contributed by atoms with Crippen molar-refractivity contribution in [3.05, 3.63) is 71.9 Å². The fraction of sp³-hybridized carbons (Fsp3) is 0.333. The van der Waals surface area contributed by atoms with Gasteiger partial charge in [0.2, 0.25) is 5.95 Å². The summed E-state index contributed by atoms with van der Waals surface area (Å²) in [6, 6.07) is 10.6. The molecule has 0 N–H and O–H groups in total. The van der Waals surface area contributed by atoms with Crippen molar-refractivity contribution in [1.29, 1.82) is 0 Å². The quantitative estimate of drug-likeness (QED) is 0.315. The van der Waals surface area contributed by atoms with Crippen LogP contribution in [0.5, 0.6) is 5.75 Å². The molecule has 0 saturated carbocycles. The molecule has 1 aromatic carbocycles. The van der Waals surface area contributed by atoms with Crippen LogP contribution in [0.1, 0.15) is 36.7 Å². The molecule has 0 spiro atoms. The van der Waals surface area contributed by atoms with Crippen LogP contribution in [0.3, 0.4) is 0 Å². The van der Waals surface area contributed by atoms with Crippen LogP contribution in [0.25, 0.3) is 16.8 Å². The van der Waals surface area contributed by atoms with Gasteiger partial charge in [0.1, 0.15) is 11.4 Å². The number of pyridine rings is 1. The molecule has 38 heavy (non-hydrogen) atoms. The monoisotopic (exact) mass is 545 g/mol. The maximum absolute atomic E-state index is 12.9. The van der Waals surface area contributed by atoms with Crippen molar-refractivity contribution in [1.82, 2.24) is 19.4 Å². The summed E-state index contributed by atoms with van der Waals surface area (Å²) in [5, 5.41) is 11.4. The van der Waals surface area contributed by atoms with Crippen LogP contribution >= 0.6 is 0 Å². The average molecular weight is 546 g/mol. The van der Waals surface area contributed by atoms with Gasteiger partial charge in [0.15, 0.2) is 0 Å². The predicted molar refractivity (Wildman–Crippen MR) is 131 cm³/mol. The van der Waals surface area contributed by atoms with Crippen LogP contribution in [0.4, 0.5) is 14.7 Å². The molecule has 1 saturated heterocycles. The summed E-state index contributed by atoms with van der Waals surface area (Å²) >= 11 is 0. The second-order valence-electron chi connectivity index (χ2n) is 9.56. The fourth-order valence-corrected chi connectivity index (χ4v) is 4.67. The van der Waals surface area contributed by atoms with Crippen LogP contribution < -0.4 is 66.1 Å². The number of ether oxygens (including phenoxy) is 1. The summed E-state index contributed by atoms with van der Waals surface area (Å²) in [4.78, 5) is 27.1. The molecular formula is C27H26F2KN5O3. The number of halogens is 2. The standard InChI is InChI=1S/C27H27F2N5O3.K/c1-17-21(13-18-5-3-4-6-22(18)37-25(28)29)34-16-19(7-8-23(34)32-17)20-14-30-26(31-15-20)33-11-9-27(2,10-12-33)24(35)36;/h3-8,14-16,25H,9-13H2,1-2H3,(H,35,36);/q;+1/p-1. The Labute approximate surface area is 261 Å². The second-order valence-corrected chi connectivity index (χ2v) is 9.56. The molecule has 5 rings (SSSR count). The Morgan fingerprint density at radius 2 is 1.79 bits per heavy atom. The number of piperidine rings is 1. The second kappa shape index (κ2) is 11.7. The number of alkyl halides is 2. The zero-order valence-electron chi connectivity index (χ0n) is 21.5. The van der Waals surface area contributed by atoms with Crippen molar-refractivity contribution in [3.8, 4) is 16.9 Å². The molecular weight excluding hydrogens is 519 g/mol. The van der Waals surface area contributed by atoms with Crippen LogP contribution in [-0.2, 0) is 11.2 Å². The molecule has 1 aliphatic heterocycles. The fourth-order valence-electron chi connectivity index (χ4n) is 4.67. The molecule has 0 amide bonds. The Morgan fingerprint density at radius 1 is 1.11 bits per heavy atom. The van der Waals surface area contributed by atoms with E-state index in [-0.39, 0.29) is 57.1 Å². The minimum absolute atomic E-state index is 0. The van der Waals surface area contributed by atoms with E-state index in [0.29, 0.717) is 43.9 Å². The van der Waals surface area contributed by atoms with Crippen molar-refractivity contribution in [2.45, 2.75) is 39.7 Å². The van der Waals surface area contributed by atoms with Crippen molar-refractivity contribution in [2.24, 2.45) is 5.41 Å². The molecule has 0 radical (unpaired) electrons. The Kier molecular flexibility index (Phi) is 8.83. The number of aryl methyl sites for hydroxylation is 1. The number of carbonyl (C=O) groups excluding carboxylic acids is 1. The third kappa shape index (κ3) is 5.91. The average Bonchev–Trinajstić information content (AvgIpc) is 3.19. The topological polar surface area (TPSA) is 95.7 Å². The molecule has 8 nitrogen and oxygen atoms in total. The smallest absolute Gasteiger partial charge is 0.550 e. The predicted octanol–water partition coefficient (Wildman–Crippen LogP) is 0.652. The molecule has 4 heterocycles. The van der Waals surface area contributed by atoms with Gasteiger partial charge in [-0.15, -0.1) is 0 Å². The zero-order valence-corrected chi connectivity index (χ0v) is 24.6. The van der Waals surface area contributed by atoms with E-state index in [1.54, 1.807) is 37.5 Å². The Bertz CT molecular complexity index is 1440. The van der Waals surface area contributed by atoms with Crippen molar-refractivity contribution < 1.29 is 74.8 Å². The van der Waals surface area contributed by atoms with E-state index in [0.717, 1.165) is 28.2 Å². The number of nitrogens with zero attached hydrogens (tertiary/aromatic N) is 5. The maximum atomic E-state index is 12.9. The number of hydrogen-bond donors (Lipinski definition) is 0. The molecule has 0 atom stereocenters. The number of fused-ring (bicyclic) bond motifs is 1. The van der Waals surface area contributed by atoms with Crippen LogP contribution in [0.2, 0.25) is 0 Å². The van der Waals surface area contributed by atoms with E-state index in [1.165, 1.54) is 6.07 Å². The van der Waals surface area contributed by atoms with E-state index in [4.69, 9.17) is 4.74 Å². The van der Waals surface area contributed by atoms with Gasteiger partial charge in [0.05, 0.1) is 5.69 Å². The number of para-hydroxylation sites is 1. The van der Waals surface area contributed by atoms with Crippen LogP contribution in [0.15, 0.2) is 55.0 Å². The van der Waals surface area contributed by atoms with E-state index in [1.807, 2.05) is 34.6 Å². The summed E-state index contributed by atoms with van der Waals surface area (Å²) in [5.74, 6) is -0.317. The normalized spacial score (nSPS) is 14.9. The zero-order chi connectivity index (χ0) is 26.2. The van der Waals surface area contributed by atoms with Gasteiger partial charge >= 0.3 is 58.0 Å². The van der Waals surface area contributed by atoms with Gasteiger partial charge in [-0.05, 0) is 38.0 Å². The summed E-state index contributed by atoms with van der Waals surface area (Å²) < 4.78 is 32.4. The number of benzene rings is 1. The van der Waals surface area contributed by atoms with Gasteiger partial charge in [0.25, 0.3) is 0 Å². The van der Waals surface area contributed by atoms with Crippen molar-refractivity contribution >= 4 is 17.6 Å². The Hall–Kier alpha value is -2.44. The number of carboxylic acid groups (broad SMARTS) is 1. The molecule has 1 aliphatic rings. The van der Waals surface area contributed by atoms with Crippen molar-refractivity contribution in [3.63, 3.8) is 0 Å². The summed E-state index contributed by atoms with van der Waals surface area (Å²) in [6.45, 7) is 1.80. The number of anilines is 1. The summed E-state index contributed by atoms with van der Waals surface area (Å²) in [6.07, 6.45) is 6.74. The molecule has 0 aliphatic carbocycles. The third-order valence-corrected chi connectivity index (χ3v) is 7.08. The molecule has 1 fully saturated rings. The number of aliphatic carboxylic acids is 1. The minimum atomic E-state index is -2.90. The number of carboxylic acids is 1. The largest absolute Gasteiger partial charge is 1.00 e. The molecule has 4 aromatic rings. The van der Waals surface area contributed by atoms with E-state index >= 15 is 0 Å². The Morgan fingerprint density at radius 3 is 2.45 bits per heavy atom. The maximum Gasteiger partial charge on any atom is 1.00 e. The SMILES string of the molecule is Cc1nc2ccc(-c3cnc(N4CCC(C)(C(=O)[O-])CC4)nc3)cn2c1Cc1ccccc1OC(F)F.[K+]. The number of imidazole rings is 1. The van der Waals surface area contributed by atoms with Gasteiger partial charge in [-0.2, -0.15) is 8.78 Å². The third-order valence-electron chi connectivity index (χ3n) is 7.08. The summed E-state index contributed by atoms with van der Waals surface area (Å²) in [5.41, 5.74) is 3.90. The number of rotatable bonds is 7. The first-order valence-corrected chi connectivity index (χ1v) is 12.0. The first-order chi connectivity index (χ1) is 17.7.